The second-order valence-electron chi connectivity index (χ2n) is 7.40. The molecule has 0 aliphatic carbocycles. The number of nitrogens with zero attached hydrogens (tertiary/aromatic N) is 3. The first-order valence-electron chi connectivity index (χ1n) is 9.90. The molecule has 2 aromatic carbocycles. The fourth-order valence-electron chi connectivity index (χ4n) is 3.80. The predicted molar refractivity (Wildman–Crippen MR) is 117 cm³/mol. The molecule has 4 rings (SSSR count). The number of ether oxygens (including phenoxy) is 2. The lowest BCUT2D eigenvalue weighted by molar-refractivity contribution is 0.119. The lowest BCUT2D eigenvalue weighted by atomic mass is 10.1. The van der Waals surface area contributed by atoms with Gasteiger partial charge in [0.2, 0.25) is 0 Å². The molecule has 0 amide bonds. The fourth-order valence-corrected chi connectivity index (χ4v) is 3.97. The summed E-state index contributed by atoms with van der Waals surface area (Å²) in [6, 6.07) is 11.1. The number of H-pyrrole nitrogens is 1. The number of piperazine rings is 1. The molecule has 0 unspecified atom stereocenters. The highest BCUT2D eigenvalue weighted by atomic mass is 35.5. The molecule has 7 nitrogen and oxygen atoms in total. The minimum atomic E-state index is -0.152. The zero-order valence-electron chi connectivity index (χ0n) is 17.2. The average Bonchev–Trinajstić information content (AvgIpc) is 2.75. The van der Waals surface area contributed by atoms with Crippen molar-refractivity contribution in [2.75, 3.05) is 40.4 Å². The topological polar surface area (TPSA) is 70.7 Å². The zero-order chi connectivity index (χ0) is 21.1. The Morgan fingerprint density at radius 2 is 1.73 bits per heavy atom. The Kier molecular flexibility index (Phi) is 6.22. The van der Waals surface area contributed by atoms with Crippen molar-refractivity contribution < 1.29 is 9.47 Å². The van der Waals surface area contributed by atoms with Gasteiger partial charge in [0.1, 0.15) is 17.3 Å². The van der Waals surface area contributed by atoms with Crippen LogP contribution in [0.5, 0.6) is 11.5 Å². The second-order valence-corrected chi connectivity index (χ2v) is 7.84. The van der Waals surface area contributed by atoms with Crippen molar-refractivity contribution in [3.05, 3.63) is 63.2 Å². The summed E-state index contributed by atoms with van der Waals surface area (Å²) in [5.74, 6) is 2.38. The number of nitrogens with one attached hydrogen (secondary N) is 1. The summed E-state index contributed by atoms with van der Waals surface area (Å²) < 4.78 is 10.8. The standard InChI is InChI=1S/C22H25ClN4O3/c1-29-17-4-6-20(30-2)15(11-17)13-26-7-9-27(10-8-26)14-21-24-19-5-3-16(23)12-18(19)22(28)25-21/h3-6,11-12H,7-10,13-14H2,1-2H3,(H,24,25,28). The third kappa shape index (κ3) is 4.59. The summed E-state index contributed by atoms with van der Waals surface area (Å²) in [5, 5.41) is 1.05. The van der Waals surface area contributed by atoms with E-state index in [2.05, 4.69) is 19.8 Å². The Morgan fingerprint density at radius 1 is 1.00 bits per heavy atom. The molecule has 8 heteroatoms. The Labute approximate surface area is 180 Å². The molecule has 0 bridgehead atoms. The van der Waals surface area contributed by atoms with Crippen molar-refractivity contribution in [1.82, 2.24) is 19.8 Å². The maximum atomic E-state index is 12.4. The highest BCUT2D eigenvalue weighted by Crippen LogP contribution is 2.25. The van der Waals surface area contributed by atoms with E-state index in [1.54, 1.807) is 32.4 Å². The molecule has 0 saturated carbocycles. The number of benzene rings is 2. The van der Waals surface area contributed by atoms with Gasteiger partial charge in [-0.05, 0) is 36.4 Å². The van der Waals surface area contributed by atoms with Gasteiger partial charge in [-0.3, -0.25) is 14.6 Å². The van der Waals surface area contributed by atoms with Crippen LogP contribution in [0.2, 0.25) is 5.02 Å². The monoisotopic (exact) mass is 428 g/mol. The molecular weight excluding hydrogens is 404 g/mol. The minimum Gasteiger partial charge on any atom is -0.497 e. The van der Waals surface area contributed by atoms with Gasteiger partial charge < -0.3 is 14.5 Å². The van der Waals surface area contributed by atoms with Gasteiger partial charge in [-0.2, -0.15) is 0 Å². The van der Waals surface area contributed by atoms with E-state index in [1.165, 1.54) is 0 Å². The molecule has 1 aliphatic heterocycles. The zero-order valence-corrected chi connectivity index (χ0v) is 17.9. The van der Waals surface area contributed by atoms with Gasteiger partial charge >= 0.3 is 0 Å². The van der Waals surface area contributed by atoms with E-state index in [1.807, 2.05) is 18.2 Å². The lowest BCUT2D eigenvalue weighted by Crippen LogP contribution is -2.45. The van der Waals surface area contributed by atoms with Crippen LogP contribution in [0.15, 0.2) is 41.2 Å². The smallest absolute Gasteiger partial charge is 0.258 e. The number of aromatic nitrogens is 2. The second kappa shape index (κ2) is 9.04. The maximum Gasteiger partial charge on any atom is 0.258 e. The number of hydrogen-bond acceptors (Lipinski definition) is 6. The summed E-state index contributed by atoms with van der Waals surface area (Å²) >= 11 is 5.99. The third-order valence-electron chi connectivity index (χ3n) is 5.44. The van der Waals surface area contributed by atoms with Crippen LogP contribution in [-0.2, 0) is 13.1 Å². The number of hydrogen-bond donors (Lipinski definition) is 1. The Morgan fingerprint density at radius 3 is 2.43 bits per heavy atom. The first kappa shape index (κ1) is 20.7. The highest BCUT2D eigenvalue weighted by Gasteiger charge is 2.19. The van der Waals surface area contributed by atoms with Gasteiger partial charge in [-0.25, -0.2) is 4.98 Å². The molecular formula is C22H25ClN4O3. The van der Waals surface area contributed by atoms with Gasteiger partial charge in [0.15, 0.2) is 0 Å². The molecule has 1 saturated heterocycles. The van der Waals surface area contributed by atoms with Crippen molar-refractivity contribution in [3.63, 3.8) is 0 Å². The van der Waals surface area contributed by atoms with E-state index in [9.17, 15) is 4.79 Å². The minimum absolute atomic E-state index is 0.152. The van der Waals surface area contributed by atoms with E-state index in [-0.39, 0.29) is 5.56 Å². The van der Waals surface area contributed by atoms with E-state index in [0.29, 0.717) is 28.3 Å². The van der Waals surface area contributed by atoms with Crippen LogP contribution in [0, 0.1) is 0 Å². The quantitative estimate of drug-likeness (QED) is 0.651. The molecule has 1 aromatic heterocycles. The lowest BCUT2D eigenvalue weighted by Gasteiger charge is -2.34. The Bertz CT molecular complexity index is 1090. The van der Waals surface area contributed by atoms with Gasteiger partial charge in [0.05, 0.1) is 31.7 Å². The summed E-state index contributed by atoms with van der Waals surface area (Å²) in [7, 11) is 3.36. The van der Waals surface area contributed by atoms with Gasteiger partial charge in [0.25, 0.3) is 5.56 Å². The van der Waals surface area contributed by atoms with E-state index in [0.717, 1.165) is 49.8 Å². The Balaban J connectivity index is 1.39. The largest absolute Gasteiger partial charge is 0.497 e. The van der Waals surface area contributed by atoms with E-state index < -0.39 is 0 Å². The maximum absolute atomic E-state index is 12.4. The van der Waals surface area contributed by atoms with Crippen molar-refractivity contribution in [3.8, 4) is 11.5 Å². The van der Waals surface area contributed by atoms with Crippen molar-refractivity contribution >= 4 is 22.5 Å². The average molecular weight is 429 g/mol. The first-order valence-corrected chi connectivity index (χ1v) is 10.3. The number of aromatic amines is 1. The summed E-state index contributed by atoms with van der Waals surface area (Å²) in [6.45, 7) is 5.06. The van der Waals surface area contributed by atoms with Crippen LogP contribution < -0.4 is 15.0 Å². The van der Waals surface area contributed by atoms with Crippen molar-refractivity contribution in [2.24, 2.45) is 0 Å². The summed E-state index contributed by atoms with van der Waals surface area (Å²) in [6.07, 6.45) is 0. The molecule has 0 spiro atoms. The van der Waals surface area contributed by atoms with Crippen molar-refractivity contribution in [1.29, 1.82) is 0 Å². The number of methoxy groups -OCH3 is 2. The molecule has 30 heavy (non-hydrogen) atoms. The third-order valence-corrected chi connectivity index (χ3v) is 5.67. The van der Waals surface area contributed by atoms with Crippen molar-refractivity contribution in [2.45, 2.75) is 13.1 Å². The normalized spacial score (nSPS) is 15.4. The molecule has 0 radical (unpaired) electrons. The number of fused-ring (bicyclic) bond motifs is 1. The van der Waals surface area contributed by atoms with Gasteiger partial charge in [-0.1, -0.05) is 11.6 Å². The van der Waals surface area contributed by atoms with E-state index >= 15 is 0 Å². The van der Waals surface area contributed by atoms with Crippen LogP contribution in [0.3, 0.4) is 0 Å². The SMILES string of the molecule is COc1ccc(OC)c(CN2CCN(Cc3nc4ccc(Cl)cc4c(=O)[nH]3)CC2)c1. The molecule has 1 N–H and O–H groups in total. The van der Waals surface area contributed by atoms with Crippen LogP contribution in [0.4, 0.5) is 0 Å². The first-order chi connectivity index (χ1) is 14.6. The summed E-state index contributed by atoms with van der Waals surface area (Å²) in [5.41, 5.74) is 1.63. The molecule has 1 fully saturated rings. The van der Waals surface area contributed by atoms with Gasteiger partial charge in [-0.15, -0.1) is 0 Å². The Hall–Kier alpha value is -2.61. The van der Waals surface area contributed by atoms with Gasteiger partial charge in [0, 0.05) is 43.3 Å². The fraction of sp³-hybridized carbons (Fsp3) is 0.364. The predicted octanol–water partition coefficient (Wildman–Crippen LogP) is 2.91. The van der Waals surface area contributed by atoms with Crippen LogP contribution in [0.25, 0.3) is 10.9 Å². The highest BCUT2D eigenvalue weighted by molar-refractivity contribution is 6.31. The summed E-state index contributed by atoms with van der Waals surface area (Å²) in [4.78, 5) is 24.6. The van der Waals surface area contributed by atoms with Crippen LogP contribution in [0.1, 0.15) is 11.4 Å². The molecule has 2 heterocycles. The molecule has 0 atom stereocenters. The number of halogens is 1. The van der Waals surface area contributed by atoms with Crippen LogP contribution >= 0.6 is 11.6 Å². The number of rotatable bonds is 6. The molecule has 1 aliphatic rings. The molecule has 158 valence electrons. The molecule has 3 aromatic rings. The van der Waals surface area contributed by atoms with Crippen LogP contribution in [-0.4, -0.2) is 60.2 Å². The van der Waals surface area contributed by atoms with E-state index in [4.69, 9.17) is 21.1 Å².